The molecule has 9 nitrogen and oxygen atoms in total. The summed E-state index contributed by atoms with van der Waals surface area (Å²) >= 11 is 5.85. The van der Waals surface area contributed by atoms with Gasteiger partial charge in [-0.05, 0) is 48.9 Å². The number of halogens is 1. The number of hydrogen-bond donors (Lipinski definition) is 2. The van der Waals surface area contributed by atoms with Gasteiger partial charge < -0.3 is 15.0 Å². The van der Waals surface area contributed by atoms with Crippen LogP contribution in [0.5, 0.6) is 0 Å². The predicted octanol–water partition coefficient (Wildman–Crippen LogP) is 3.45. The number of urea groups is 1. The molecule has 1 saturated heterocycles. The summed E-state index contributed by atoms with van der Waals surface area (Å²) in [6.07, 6.45) is 3.21. The lowest BCUT2D eigenvalue weighted by Gasteiger charge is -2.24. The number of amides is 3. The first-order valence-electron chi connectivity index (χ1n) is 10.7. The quantitative estimate of drug-likeness (QED) is 0.580. The maximum atomic E-state index is 13.2. The molecule has 0 spiro atoms. The molecule has 0 saturated carbocycles. The van der Waals surface area contributed by atoms with E-state index in [0.717, 1.165) is 5.56 Å². The van der Waals surface area contributed by atoms with E-state index in [-0.39, 0.29) is 24.1 Å². The van der Waals surface area contributed by atoms with Crippen LogP contribution in [0.25, 0.3) is 5.69 Å². The molecule has 1 aliphatic heterocycles. The number of likely N-dealkylation sites (tertiary alicyclic amines) is 1. The highest BCUT2D eigenvalue weighted by atomic mass is 35.5. The molecule has 3 aromatic rings. The lowest BCUT2D eigenvalue weighted by Crippen LogP contribution is -2.45. The van der Waals surface area contributed by atoms with Crippen LogP contribution in [0, 0.1) is 6.92 Å². The van der Waals surface area contributed by atoms with E-state index < -0.39 is 12.1 Å². The Morgan fingerprint density at radius 3 is 2.65 bits per heavy atom. The molecule has 3 heterocycles. The second-order valence-corrected chi connectivity index (χ2v) is 8.39. The van der Waals surface area contributed by atoms with Crippen LogP contribution < -0.4 is 16.2 Å². The second-order valence-electron chi connectivity index (χ2n) is 7.95. The SMILES string of the molecule is CO[C@@H]1C[C@H](C(=O)Nc2ccc(-n3ccccc3=O)cc2C)N(C(=O)Nc2ccc(Cl)cn2)C1. The third-order valence-corrected chi connectivity index (χ3v) is 5.91. The van der Waals surface area contributed by atoms with Crippen molar-refractivity contribution in [3.05, 3.63) is 81.9 Å². The van der Waals surface area contributed by atoms with E-state index in [9.17, 15) is 14.4 Å². The van der Waals surface area contributed by atoms with Crippen LogP contribution in [0.3, 0.4) is 0 Å². The van der Waals surface area contributed by atoms with Crippen molar-refractivity contribution in [1.82, 2.24) is 14.5 Å². The van der Waals surface area contributed by atoms with Gasteiger partial charge in [-0.25, -0.2) is 9.78 Å². The summed E-state index contributed by atoms with van der Waals surface area (Å²) in [7, 11) is 1.55. The average Bonchev–Trinajstić information content (AvgIpc) is 3.27. The topological polar surface area (TPSA) is 106 Å². The Balaban J connectivity index is 1.50. The van der Waals surface area contributed by atoms with Crippen molar-refractivity contribution < 1.29 is 14.3 Å². The van der Waals surface area contributed by atoms with E-state index in [4.69, 9.17) is 16.3 Å². The molecule has 10 heteroatoms. The molecule has 2 N–H and O–H groups in total. The fraction of sp³-hybridized carbons (Fsp3) is 0.250. The van der Waals surface area contributed by atoms with Gasteiger partial charge in [-0.3, -0.25) is 19.5 Å². The zero-order valence-electron chi connectivity index (χ0n) is 18.7. The van der Waals surface area contributed by atoms with Crippen LogP contribution in [-0.2, 0) is 9.53 Å². The Morgan fingerprint density at radius 1 is 1.15 bits per heavy atom. The Kier molecular flexibility index (Phi) is 6.95. The third kappa shape index (κ3) is 5.11. The summed E-state index contributed by atoms with van der Waals surface area (Å²) in [6, 6.07) is 12.3. The summed E-state index contributed by atoms with van der Waals surface area (Å²) < 4.78 is 6.94. The summed E-state index contributed by atoms with van der Waals surface area (Å²) in [6.45, 7) is 2.11. The number of nitrogens with zero attached hydrogens (tertiary/aromatic N) is 3. The van der Waals surface area contributed by atoms with Gasteiger partial charge >= 0.3 is 6.03 Å². The predicted molar refractivity (Wildman–Crippen MR) is 130 cm³/mol. The molecule has 2 atom stereocenters. The molecule has 1 fully saturated rings. The largest absolute Gasteiger partial charge is 0.380 e. The van der Waals surface area contributed by atoms with Crippen LogP contribution >= 0.6 is 11.6 Å². The second kappa shape index (κ2) is 10.1. The zero-order valence-corrected chi connectivity index (χ0v) is 19.5. The molecule has 1 aromatic carbocycles. The van der Waals surface area contributed by atoms with Crippen molar-refractivity contribution in [2.45, 2.75) is 25.5 Å². The Morgan fingerprint density at radius 2 is 1.97 bits per heavy atom. The molecule has 0 bridgehead atoms. The third-order valence-electron chi connectivity index (χ3n) is 5.69. The smallest absolute Gasteiger partial charge is 0.323 e. The molecular formula is C24H24ClN5O4. The standard InChI is InChI=1S/C24H24ClN5O4/c1-15-11-17(29-10-4-3-5-22(29)31)7-8-19(15)27-23(32)20-12-18(34-2)14-30(20)24(33)28-21-9-6-16(25)13-26-21/h3-11,13,18,20H,12,14H2,1-2H3,(H,27,32)(H,26,28,33)/t18-,20-/m1/s1. The molecule has 0 radical (unpaired) electrons. The summed E-state index contributed by atoms with van der Waals surface area (Å²) in [5.41, 5.74) is 1.92. The van der Waals surface area contributed by atoms with E-state index >= 15 is 0 Å². The first kappa shape index (κ1) is 23.5. The highest BCUT2D eigenvalue weighted by Gasteiger charge is 2.40. The van der Waals surface area contributed by atoms with Crippen molar-refractivity contribution >= 4 is 35.0 Å². The Hall–Kier alpha value is -3.69. The van der Waals surface area contributed by atoms with Gasteiger partial charge in [-0.1, -0.05) is 17.7 Å². The fourth-order valence-corrected chi connectivity index (χ4v) is 3.98. The molecule has 4 rings (SSSR count). The van der Waals surface area contributed by atoms with Gasteiger partial charge in [0.1, 0.15) is 11.9 Å². The van der Waals surface area contributed by atoms with E-state index in [1.807, 2.05) is 13.0 Å². The minimum Gasteiger partial charge on any atom is -0.380 e. The maximum absolute atomic E-state index is 13.2. The number of aryl methyl sites for hydroxylation is 1. The highest BCUT2D eigenvalue weighted by molar-refractivity contribution is 6.30. The molecule has 2 aromatic heterocycles. The summed E-state index contributed by atoms with van der Waals surface area (Å²) in [5.74, 6) is 0.00325. The fourth-order valence-electron chi connectivity index (χ4n) is 3.87. The lowest BCUT2D eigenvalue weighted by atomic mass is 10.1. The van der Waals surface area contributed by atoms with Crippen molar-refractivity contribution in [1.29, 1.82) is 0 Å². The van der Waals surface area contributed by atoms with Crippen molar-refractivity contribution in [3.8, 4) is 5.69 Å². The number of anilines is 2. The van der Waals surface area contributed by atoms with Crippen LogP contribution in [-0.4, -0.2) is 52.2 Å². The first-order valence-corrected chi connectivity index (χ1v) is 11.0. The van der Waals surface area contributed by atoms with E-state index in [1.165, 1.54) is 21.7 Å². The van der Waals surface area contributed by atoms with Gasteiger partial charge in [-0.2, -0.15) is 0 Å². The van der Waals surface area contributed by atoms with Crippen molar-refractivity contribution in [2.24, 2.45) is 0 Å². The summed E-state index contributed by atoms with van der Waals surface area (Å²) in [4.78, 5) is 43.7. The van der Waals surface area contributed by atoms with Crippen LogP contribution in [0.15, 0.2) is 65.7 Å². The number of nitrogens with one attached hydrogen (secondary N) is 2. The van der Waals surface area contributed by atoms with Gasteiger partial charge in [0, 0.05) is 49.9 Å². The van der Waals surface area contributed by atoms with Gasteiger partial charge in [0.05, 0.1) is 11.1 Å². The number of ether oxygens (including phenoxy) is 1. The monoisotopic (exact) mass is 481 g/mol. The van der Waals surface area contributed by atoms with E-state index in [0.29, 0.717) is 28.6 Å². The number of carbonyl (C=O) groups is 2. The summed E-state index contributed by atoms with van der Waals surface area (Å²) in [5, 5.41) is 6.06. The zero-order chi connectivity index (χ0) is 24.2. The van der Waals surface area contributed by atoms with Gasteiger partial charge in [0.2, 0.25) is 5.91 Å². The number of aromatic nitrogens is 2. The number of hydrogen-bond acceptors (Lipinski definition) is 5. The number of carbonyl (C=O) groups excluding carboxylic acids is 2. The molecule has 0 aliphatic carbocycles. The van der Waals surface area contributed by atoms with Crippen molar-refractivity contribution in [2.75, 3.05) is 24.3 Å². The highest BCUT2D eigenvalue weighted by Crippen LogP contribution is 2.25. The van der Waals surface area contributed by atoms with E-state index in [2.05, 4.69) is 15.6 Å². The minimum absolute atomic E-state index is 0.146. The number of methoxy groups -OCH3 is 1. The number of rotatable bonds is 5. The molecule has 3 amide bonds. The lowest BCUT2D eigenvalue weighted by molar-refractivity contribution is -0.119. The number of pyridine rings is 2. The van der Waals surface area contributed by atoms with Gasteiger partial charge in [-0.15, -0.1) is 0 Å². The normalized spacial score (nSPS) is 17.4. The molecule has 0 unspecified atom stereocenters. The van der Waals surface area contributed by atoms with Gasteiger partial charge in [0.15, 0.2) is 0 Å². The minimum atomic E-state index is -0.729. The maximum Gasteiger partial charge on any atom is 0.323 e. The molecule has 34 heavy (non-hydrogen) atoms. The molecular weight excluding hydrogens is 458 g/mol. The Labute approximate surface area is 201 Å². The van der Waals surface area contributed by atoms with E-state index in [1.54, 1.807) is 49.7 Å². The van der Waals surface area contributed by atoms with Crippen molar-refractivity contribution in [3.63, 3.8) is 0 Å². The first-order chi connectivity index (χ1) is 16.4. The van der Waals surface area contributed by atoms with Crippen LogP contribution in [0.1, 0.15) is 12.0 Å². The molecule has 176 valence electrons. The Bertz CT molecular complexity index is 1260. The molecule has 1 aliphatic rings. The van der Waals surface area contributed by atoms with Crippen LogP contribution in [0.4, 0.5) is 16.3 Å². The average molecular weight is 482 g/mol. The van der Waals surface area contributed by atoms with Crippen LogP contribution in [0.2, 0.25) is 5.02 Å². The number of benzene rings is 1. The van der Waals surface area contributed by atoms with Gasteiger partial charge in [0.25, 0.3) is 5.56 Å².